The van der Waals surface area contributed by atoms with Gasteiger partial charge in [0.1, 0.15) is 0 Å². The number of rotatable bonds is 5. The first-order chi connectivity index (χ1) is 13.5. The molecule has 0 spiro atoms. The fraction of sp³-hybridized carbons (Fsp3) is 0.300. The van der Waals surface area contributed by atoms with Gasteiger partial charge in [0.15, 0.2) is 5.13 Å². The van der Waals surface area contributed by atoms with Gasteiger partial charge >= 0.3 is 0 Å². The van der Waals surface area contributed by atoms with Crippen LogP contribution in [-0.2, 0) is 19.3 Å². The monoisotopic (exact) mass is 413 g/mol. The zero-order valence-corrected chi connectivity index (χ0v) is 16.9. The van der Waals surface area contributed by atoms with Crippen LogP contribution in [0, 0.1) is 16.0 Å². The van der Waals surface area contributed by atoms with Gasteiger partial charge in [-0.2, -0.15) is 0 Å². The number of nitro groups is 1. The molecular weight excluding hydrogens is 394 g/mol. The summed E-state index contributed by atoms with van der Waals surface area (Å²) < 4.78 is 0. The Morgan fingerprint density at radius 1 is 1.43 bits per heavy atom. The van der Waals surface area contributed by atoms with Crippen molar-refractivity contribution in [3.05, 3.63) is 72.4 Å². The highest BCUT2D eigenvalue weighted by atomic mass is 32.1. The van der Waals surface area contributed by atoms with Crippen molar-refractivity contribution in [3.8, 4) is 0 Å². The van der Waals surface area contributed by atoms with Gasteiger partial charge in [-0.15, -0.1) is 22.7 Å². The van der Waals surface area contributed by atoms with Crippen molar-refractivity contribution in [2.75, 3.05) is 5.32 Å². The van der Waals surface area contributed by atoms with Crippen LogP contribution in [0.5, 0.6) is 0 Å². The molecule has 1 amide bonds. The van der Waals surface area contributed by atoms with Crippen molar-refractivity contribution >= 4 is 39.4 Å². The molecule has 0 fully saturated rings. The lowest BCUT2D eigenvalue weighted by Gasteiger charge is -2.18. The number of fused-ring (bicyclic) bond motifs is 1. The van der Waals surface area contributed by atoms with Gasteiger partial charge in [-0.25, -0.2) is 4.98 Å². The number of thiazole rings is 1. The number of thiophene rings is 1. The first kappa shape index (κ1) is 18.8. The van der Waals surface area contributed by atoms with Gasteiger partial charge in [0.05, 0.1) is 10.5 Å². The van der Waals surface area contributed by atoms with Crippen molar-refractivity contribution in [1.82, 2.24) is 4.98 Å². The number of nitrogens with zero attached hydrogens (tertiary/aromatic N) is 2. The van der Waals surface area contributed by atoms with Crippen LogP contribution >= 0.6 is 22.7 Å². The number of carbonyl (C=O) groups is 1. The van der Waals surface area contributed by atoms with Crippen LogP contribution in [0.15, 0.2) is 35.8 Å². The number of aromatic nitrogens is 1. The summed E-state index contributed by atoms with van der Waals surface area (Å²) in [6.45, 7) is 2.25. The topological polar surface area (TPSA) is 85.1 Å². The molecule has 4 rings (SSSR count). The van der Waals surface area contributed by atoms with E-state index in [0.29, 0.717) is 17.5 Å². The van der Waals surface area contributed by atoms with Crippen LogP contribution < -0.4 is 5.32 Å². The first-order valence-electron chi connectivity index (χ1n) is 9.08. The maximum Gasteiger partial charge on any atom is 0.269 e. The predicted molar refractivity (Wildman–Crippen MR) is 111 cm³/mol. The number of hydrogen-bond acceptors (Lipinski definition) is 6. The standard InChI is InChI=1S/C20H19N3O3S2/c1-12-5-6-16-17(11-27-18(16)7-12)19(24)22-20-21-10-15(28-20)9-13-3-2-4-14(8-13)23(25)26/h2-4,8,10-12H,5-7,9H2,1H3,(H,21,22,24). The smallest absolute Gasteiger partial charge is 0.269 e. The van der Waals surface area contributed by atoms with Crippen molar-refractivity contribution in [1.29, 1.82) is 0 Å². The second-order valence-electron chi connectivity index (χ2n) is 7.09. The highest BCUT2D eigenvalue weighted by molar-refractivity contribution is 7.15. The summed E-state index contributed by atoms with van der Waals surface area (Å²) >= 11 is 3.07. The summed E-state index contributed by atoms with van der Waals surface area (Å²) in [5.74, 6) is 0.570. The summed E-state index contributed by atoms with van der Waals surface area (Å²) in [6, 6.07) is 6.57. The van der Waals surface area contributed by atoms with Gasteiger partial charge in [-0.1, -0.05) is 19.1 Å². The summed E-state index contributed by atoms with van der Waals surface area (Å²) in [5.41, 5.74) is 2.88. The van der Waals surface area contributed by atoms with Crippen LogP contribution in [0.3, 0.4) is 0 Å². The molecule has 2 aromatic heterocycles. The molecule has 0 aliphatic heterocycles. The Balaban J connectivity index is 1.45. The van der Waals surface area contributed by atoms with Gasteiger partial charge in [0.2, 0.25) is 0 Å². The zero-order valence-electron chi connectivity index (χ0n) is 15.3. The molecule has 0 bridgehead atoms. The first-order valence-corrected chi connectivity index (χ1v) is 10.8. The normalized spacial score (nSPS) is 15.8. The average molecular weight is 414 g/mol. The Morgan fingerprint density at radius 3 is 3.11 bits per heavy atom. The largest absolute Gasteiger partial charge is 0.298 e. The fourth-order valence-electron chi connectivity index (χ4n) is 3.46. The minimum absolute atomic E-state index is 0.0760. The number of amides is 1. The average Bonchev–Trinajstić information content (AvgIpc) is 3.28. The molecule has 0 saturated heterocycles. The van der Waals surface area contributed by atoms with Crippen molar-refractivity contribution in [3.63, 3.8) is 0 Å². The van der Waals surface area contributed by atoms with Crippen molar-refractivity contribution in [2.45, 2.75) is 32.6 Å². The van der Waals surface area contributed by atoms with Gasteiger partial charge in [0.25, 0.3) is 11.6 Å². The van der Waals surface area contributed by atoms with E-state index >= 15 is 0 Å². The lowest BCUT2D eigenvalue weighted by molar-refractivity contribution is -0.384. The Kier molecular flexibility index (Phi) is 5.23. The molecule has 1 unspecified atom stereocenters. The minimum atomic E-state index is -0.399. The summed E-state index contributed by atoms with van der Waals surface area (Å²) in [6.07, 6.45) is 5.38. The molecular formula is C20H19N3O3S2. The van der Waals surface area contributed by atoms with Crippen molar-refractivity contribution < 1.29 is 9.72 Å². The molecule has 28 heavy (non-hydrogen) atoms. The third-order valence-corrected chi connectivity index (χ3v) is 6.88. The number of non-ortho nitro benzene ring substituents is 1. The third-order valence-electron chi connectivity index (χ3n) is 4.92. The lowest BCUT2D eigenvalue weighted by Crippen LogP contribution is -2.16. The molecule has 1 aliphatic rings. The number of carbonyl (C=O) groups excluding carboxylic acids is 1. The number of nitrogens with one attached hydrogen (secondary N) is 1. The van der Waals surface area contributed by atoms with Crippen LogP contribution in [-0.4, -0.2) is 15.8 Å². The highest BCUT2D eigenvalue weighted by Gasteiger charge is 2.23. The van der Waals surface area contributed by atoms with Gasteiger partial charge in [-0.3, -0.25) is 20.2 Å². The lowest BCUT2D eigenvalue weighted by atomic mass is 9.88. The molecule has 0 saturated carbocycles. The van der Waals surface area contributed by atoms with Crippen LogP contribution in [0.4, 0.5) is 10.8 Å². The summed E-state index contributed by atoms with van der Waals surface area (Å²) in [4.78, 5) is 29.8. The summed E-state index contributed by atoms with van der Waals surface area (Å²) in [5, 5.41) is 16.3. The Bertz CT molecular complexity index is 1040. The zero-order chi connectivity index (χ0) is 19.7. The Morgan fingerprint density at radius 2 is 2.29 bits per heavy atom. The van der Waals surface area contributed by atoms with E-state index in [2.05, 4.69) is 17.2 Å². The number of anilines is 1. The fourth-order valence-corrected chi connectivity index (χ4v) is 5.55. The molecule has 1 N–H and O–H groups in total. The summed E-state index contributed by atoms with van der Waals surface area (Å²) in [7, 11) is 0. The van der Waals surface area contributed by atoms with Gasteiger partial charge < -0.3 is 0 Å². The molecule has 1 aliphatic carbocycles. The molecule has 0 radical (unpaired) electrons. The molecule has 3 aromatic rings. The van der Waals surface area contributed by atoms with Gasteiger partial charge in [0, 0.05) is 39.9 Å². The quantitative estimate of drug-likeness (QED) is 0.467. The van der Waals surface area contributed by atoms with E-state index in [0.717, 1.165) is 35.3 Å². The van der Waals surface area contributed by atoms with Gasteiger partial charge in [-0.05, 0) is 36.3 Å². The van der Waals surface area contributed by atoms with E-state index in [9.17, 15) is 14.9 Å². The molecule has 6 nitrogen and oxygen atoms in total. The number of nitro benzene ring substituents is 1. The molecule has 8 heteroatoms. The molecule has 2 heterocycles. The van der Waals surface area contributed by atoms with Crippen molar-refractivity contribution in [2.24, 2.45) is 5.92 Å². The van der Waals surface area contributed by atoms with E-state index in [1.807, 2.05) is 11.4 Å². The van der Waals surface area contributed by atoms with Crippen LogP contribution in [0.25, 0.3) is 0 Å². The molecule has 1 aromatic carbocycles. The SMILES string of the molecule is CC1CCc2c(C(=O)Nc3ncc(Cc4cccc([N+](=O)[O-])c4)s3)csc2C1. The minimum Gasteiger partial charge on any atom is -0.298 e. The third kappa shape index (κ3) is 3.98. The van der Waals surface area contributed by atoms with Crippen LogP contribution in [0.1, 0.15) is 44.6 Å². The number of hydrogen-bond donors (Lipinski definition) is 1. The predicted octanol–water partition coefficient (Wildman–Crippen LogP) is 5.08. The number of benzene rings is 1. The van der Waals surface area contributed by atoms with E-state index < -0.39 is 4.92 Å². The van der Waals surface area contributed by atoms with E-state index in [4.69, 9.17) is 0 Å². The molecule has 144 valence electrons. The maximum absolute atomic E-state index is 12.7. The second-order valence-corrected chi connectivity index (χ2v) is 9.17. The highest BCUT2D eigenvalue weighted by Crippen LogP contribution is 2.33. The van der Waals surface area contributed by atoms with E-state index in [1.54, 1.807) is 29.7 Å². The molecule has 1 atom stereocenters. The second kappa shape index (κ2) is 7.81. The maximum atomic E-state index is 12.7. The van der Waals surface area contributed by atoms with E-state index in [-0.39, 0.29) is 11.6 Å². The Labute approximate surface area is 170 Å². The van der Waals surface area contributed by atoms with E-state index in [1.165, 1.54) is 27.8 Å². The Hall–Kier alpha value is -2.58. The van der Waals surface area contributed by atoms with Crippen LogP contribution in [0.2, 0.25) is 0 Å².